The zero-order chi connectivity index (χ0) is 18.9. The molecule has 138 valence electrons. The number of carbonyl (C=O) groups excluding carboxylic acids is 1. The number of Topliss-reactive ketones (excluding diaryl/α,β-unsaturated/α-hetero) is 1. The number of aliphatic hydroxyl groups is 4. The van der Waals surface area contributed by atoms with Crippen LogP contribution in [0, 0.1) is 0 Å². The van der Waals surface area contributed by atoms with Crippen LogP contribution in [0.5, 0.6) is 0 Å². The third-order valence-corrected chi connectivity index (χ3v) is 4.76. The van der Waals surface area contributed by atoms with Crippen molar-refractivity contribution in [2.24, 2.45) is 0 Å². The second-order valence-electron chi connectivity index (χ2n) is 6.82. The van der Waals surface area contributed by atoms with Gasteiger partial charge in [-0.2, -0.15) is 0 Å². The predicted octanol–water partition coefficient (Wildman–Crippen LogP) is 0.731. The van der Waals surface area contributed by atoms with E-state index in [2.05, 4.69) is 0 Å². The maximum Gasteiger partial charge on any atom is 0.197 e. The summed E-state index contributed by atoms with van der Waals surface area (Å²) in [6, 6.07) is 17.0. The van der Waals surface area contributed by atoms with Crippen molar-refractivity contribution < 1.29 is 30.0 Å². The van der Waals surface area contributed by atoms with Crippen LogP contribution in [0.15, 0.2) is 60.7 Å². The van der Waals surface area contributed by atoms with Crippen LogP contribution in [-0.2, 0) is 16.0 Å². The average molecular weight is 358 g/mol. The van der Waals surface area contributed by atoms with Gasteiger partial charge in [0, 0.05) is 6.42 Å². The highest BCUT2D eigenvalue weighted by atomic mass is 16.7. The average Bonchev–Trinajstić information content (AvgIpc) is 2.82. The quantitative estimate of drug-likeness (QED) is 0.628. The Balaban J connectivity index is 1.93. The normalized spacial score (nSPS) is 32.3. The van der Waals surface area contributed by atoms with Gasteiger partial charge in [-0.05, 0) is 18.1 Å². The third kappa shape index (κ3) is 3.30. The second kappa shape index (κ2) is 6.90. The van der Waals surface area contributed by atoms with Crippen LogP contribution >= 0.6 is 0 Å². The molecule has 1 unspecified atom stereocenters. The van der Waals surface area contributed by atoms with Gasteiger partial charge in [0.1, 0.15) is 17.8 Å². The first-order chi connectivity index (χ1) is 12.3. The molecule has 0 amide bonds. The first kappa shape index (κ1) is 18.7. The molecule has 3 rings (SSSR count). The number of hydrogen-bond donors (Lipinski definition) is 4. The molecular weight excluding hydrogens is 336 g/mol. The van der Waals surface area contributed by atoms with E-state index in [1.54, 1.807) is 60.7 Å². The van der Waals surface area contributed by atoms with Gasteiger partial charge in [-0.1, -0.05) is 60.7 Å². The van der Waals surface area contributed by atoms with Crippen molar-refractivity contribution in [1.82, 2.24) is 0 Å². The van der Waals surface area contributed by atoms with Gasteiger partial charge in [-0.25, -0.2) is 0 Å². The summed E-state index contributed by atoms with van der Waals surface area (Å²) < 4.78 is 5.30. The van der Waals surface area contributed by atoms with Crippen LogP contribution in [0.25, 0.3) is 0 Å². The number of ketones is 1. The fraction of sp³-hybridized carbons (Fsp3) is 0.350. The summed E-state index contributed by atoms with van der Waals surface area (Å²) in [6.45, 7) is 1.18. The minimum atomic E-state index is -2.12. The molecule has 0 aromatic heterocycles. The van der Waals surface area contributed by atoms with Crippen LogP contribution in [0.4, 0.5) is 0 Å². The van der Waals surface area contributed by atoms with Gasteiger partial charge < -0.3 is 25.2 Å². The van der Waals surface area contributed by atoms with Crippen LogP contribution < -0.4 is 0 Å². The number of hydrogen-bond acceptors (Lipinski definition) is 6. The number of ether oxygens (including phenoxy) is 1. The van der Waals surface area contributed by atoms with Crippen molar-refractivity contribution in [2.75, 3.05) is 0 Å². The lowest BCUT2D eigenvalue weighted by Gasteiger charge is -2.31. The highest BCUT2D eigenvalue weighted by Crippen LogP contribution is 2.41. The highest BCUT2D eigenvalue weighted by Gasteiger charge is 2.63. The minimum Gasteiger partial charge on any atom is -0.384 e. The molecule has 1 fully saturated rings. The standard InChI is InChI=1S/C20H22O6/c1-19(24)18(23)20(25,12-13-8-4-2-5-9-13)17(26-19)16(22)15(21)14-10-6-3-7-11-14/h2-11,15,17-18,21,23-25H,12H2,1H3/t15?,17-,18+,19+,20-/m1/s1. The van der Waals surface area contributed by atoms with Gasteiger partial charge in [0.25, 0.3) is 0 Å². The van der Waals surface area contributed by atoms with Gasteiger partial charge in [0.15, 0.2) is 17.7 Å². The topological polar surface area (TPSA) is 107 Å². The third-order valence-electron chi connectivity index (χ3n) is 4.76. The Morgan fingerprint density at radius 2 is 1.62 bits per heavy atom. The zero-order valence-corrected chi connectivity index (χ0v) is 14.3. The first-order valence-corrected chi connectivity index (χ1v) is 8.37. The van der Waals surface area contributed by atoms with Gasteiger partial charge in [0.05, 0.1) is 0 Å². The van der Waals surface area contributed by atoms with E-state index in [0.717, 1.165) is 0 Å². The molecule has 0 radical (unpaired) electrons. The van der Waals surface area contributed by atoms with Crippen LogP contribution in [0.1, 0.15) is 24.2 Å². The molecule has 1 heterocycles. The Bertz CT molecular complexity index is 760. The van der Waals surface area contributed by atoms with E-state index < -0.39 is 35.5 Å². The molecule has 0 spiro atoms. The number of benzene rings is 2. The van der Waals surface area contributed by atoms with Crippen molar-refractivity contribution in [3.8, 4) is 0 Å². The molecule has 0 bridgehead atoms. The SMILES string of the molecule is C[C@]1(O)O[C@H](C(=O)C(O)c2ccccc2)[C@](O)(Cc2ccccc2)[C@H]1O. The van der Waals surface area contributed by atoms with E-state index in [-0.39, 0.29) is 6.42 Å². The molecule has 2 aromatic rings. The summed E-state index contributed by atoms with van der Waals surface area (Å²) in [5, 5.41) is 42.2. The predicted molar refractivity (Wildman–Crippen MR) is 93.0 cm³/mol. The highest BCUT2D eigenvalue weighted by molar-refractivity contribution is 5.90. The molecule has 4 N–H and O–H groups in total. The number of aliphatic hydroxyl groups excluding tert-OH is 2. The Kier molecular flexibility index (Phi) is 4.96. The molecule has 2 aromatic carbocycles. The number of rotatable bonds is 5. The fourth-order valence-corrected chi connectivity index (χ4v) is 3.37. The van der Waals surface area contributed by atoms with Crippen LogP contribution in [0.3, 0.4) is 0 Å². The van der Waals surface area contributed by atoms with Crippen molar-refractivity contribution in [1.29, 1.82) is 0 Å². The summed E-state index contributed by atoms with van der Waals surface area (Å²) in [5.74, 6) is -2.95. The second-order valence-corrected chi connectivity index (χ2v) is 6.82. The molecule has 1 aliphatic rings. The molecule has 1 aliphatic heterocycles. The van der Waals surface area contributed by atoms with E-state index in [4.69, 9.17) is 4.74 Å². The van der Waals surface area contributed by atoms with E-state index in [1.807, 2.05) is 0 Å². The van der Waals surface area contributed by atoms with E-state index in [0.29, 0.717) is 11.1 Å². The van der Waals surface area contributed by atoms with E-state index >= 15 is 0 Å². The van der Waals surface area contributed by atoms with Crippen molar-refractivity contribution in [3.63, 3.8) is 0 Å². The molecule has 6 heteroatoms. The van der Waals surface area contributed by atoms with Gasteiger partial charge in [-0.3, -0.25) is 4.79 Å². The lowest BCUT2D eigenvalue weighted by Crippen LogP contribution is -2.55. The number of carbonyl (C=O) groups is 1. The molecule has 0 saturated carbocycles. The largest absolute Gasteiger partial charge is 0.384 e. The summed E-state index contributed by atoms with van der Waals surface area (Å²) in [7, 11) is 0. The van der Waals surface area contributed by atoms with E-state index in [1.165, 1.54) is 6.92 Å². The minimum absolute atomic E-state index is 0.122. The smallest absolute Gasteiger partial charge is 0.197 e. The Labute approximate surface area is 151 Å². The zero-order valence-electron chi connectivity index (χ0n) is 14.3. The lowest BCUT2D eigenvalue weighted by atomic mass is 9.81. The van der Waals surface area contributed by atoms with E-state index in [9.17, 15) is 25.2 Å². The Hall–Kier alpha value is -2.09. The van der Waals surface area contributed by atoms with Gasteiger partial charge in [0.2, 0.25) is 0 Å². The molecule has 1 saturated heterocycles. The lowest BCUT2D eigenvalue weighted by molar-refractivity contribution is -0.216. The summed E-state index contributed by atoms with van der Waals surface area (Å²) in [6.07, 6.45) is -5.00. The maximum atomic E-state index is 12.8. The van der Waals surface area contributed by atoms with Crippen LogP contribution in [0.2, 0.25) is 0 Å². The molecule has 0 aliphatic carbocycles. The maximum absolute atomic E-state index is 12.8. The summed E-state index contributed by atoms with van der Waals surface area (Å²) in [4.78, 5) is 12.8. The summed E-state index contributed by atoms with van der Waals surface area (Å²) in [5.41, 5.74) is -1.09. The van der Waals surface area contributed by atoms with Gasteiger partial charge in [-0.15, -0.1) is 0 Å². The van der Waals surface area contributed by atoms with Crippen molar-refractivity contribution >= 4 is 5.78 Å². The monoisotopic (exact) mass is 358 g/mol. The molecular formula is C20H22O6. The first-order valence-electron chi connectivity index (χ1n) is 8.37. The van der Waals surface area contributed by atoms with Crippen molar-refractivity contribution in [2.45, 2.75) is 43.0 Å². The summed E-state index contributed by atoms with van der Waals surface area (Å²) >= 11 is 0. The van der Waals surface area contributed by atoms with Crippen LogP contribution in [-0.4, -0.2) is 49.8 Å². The Morgan fingerprint density at radius 3 is 2.19 bits per heavy atom. The van der Waals surface area contributed by atoms with Gasteiger partial charge >= 0.3 is 0 Å². The molecule has 6 nitrogen and oxygen atoms in total. The Morgan fingerprint density at radius 1 is 1.08 bits per heavy atom. The molecule has 26 heavy (non-hydrogen) atoms. The fourth-order valence-electron chi connectivity index (χ4n) is 3.37. The van der Waals surface area contributed by atoms with Crippen molar-refractivity contribution in [3.05, 3.63) is 71.8 Å². The molecule has 5 atom stereocenters.